The van der Waals surface area contributed by atoms with E-state index in [2.05, 4.69) is 4.98 Å². The SMILES string of the molecule is Nc1cnc(C(F)F)c(F)c1CO. The molecule has 0 aromatic carbocycles. The van der Waals surface area contributed by atoms with Crippen molar-refractivity contribution in [2.75, 3.05) is 5.73 Å². The number of rotatable bonds is 2. The Morgan fingerprint density at radius 1 is 1.54 bits per heavy atom. The van der Waals surface area contributed by atoms with E-state index in [1.165, 1.54) is 0 Å². The van der Waals surface area contributed by atoms with Gasteiger partial charge in [0, 0.05) is 5.56 Å². The first-order chi connectivity index (χ1) is 6.07. The van der Waals surface area contributed by atoms with E-state index in [0.29, 0.717) is 0 Å². The number of hydrogen-bond donors (Lipinski definition) is 2. The third-order valence-corrected chi connectivity index (χ3v) is 1.55. The van der Waals surface area contributed by atoms with Gasteiger partial charge in [0.25, 0.3) is 6.43 Å². The number of halogens is 3. The van der Waals surface area contributed by atoms with E-state index >= 15 is 0 Å². The maximum Gasteiger partial charge on any atom is 0.283 e. The molecule has 1 rings (SSSR count). The molecule has 0 saturated carbocycles. The molecule has 1 heterocycles. The zero-order chi connectivity index (χ0) is 10.0. The predicted octanol–water partition coefficient (Wildman–Crippen LogP) is 1.23. The maximum atomic E-state index is 13.0. The van der Waals surface area contributed by atoms with Gasteiger partial charge >= 0.3 is 0 Å². The van der Waals surface area contributed by atoms with Crippen LogP contribution in [0.15, 0.2) is 6.20 Å². The Bertz CT molecular complexity index is 317. The summed E-state index contributed by atoms with van der Waals surface area (Å²) in [6.45, 7) is -0.722. The standard InChI is InChI=1S/C7H7F3N2O/c8-5-3(2-13)4(11)1-12-6(5)7(9)10/h1,7,13H,2,11H2. The summed E-state index contributed by atoms with van der Waals surface area (Å²) in [6.07, 6.45) is -2.11. The second kappa shape index (κ2) is 3.61. The lowest BCUT2D eigenvalue weighted by molar-refractivity contribution is 0.139. The predicted molar refractivity (Wildman–Crippen MR) is 39.5 cm³/mol. The molecule has 0 fully saturated rings. The molecule has 3 N–H and O–H groups in total. The quantitative estimate of drug-likeness (QED) is 0.740. The van der Waals surface area contributed by atoms with Gasteiger partial charge in [0.05, 0.1) is 18.5 Å². The smallest absolute Gasteiger partial charge is 0.283 e. The fourth-order valence-corrected chi connectivity index (χ4v) is 0.868. The van der Waals surface area contributed by atoms with Gasteiger partial charge in [0.15, 0.2) is 5.82 Å². The first kappa shape index (κ1) is 9.79. The van der Waals surface area contributed by atoms with Crippen LogP contribution in [0.2, 0.25) is 0 Å². The molecule has 0 atom stereocenters. The van der Waals surface area contributed by atoms with Crippen molar-refractivity contribution in [3.63, 3.8) is 0 Å². The first-order valence-corrected chi connectivity index (χ1v) is 3.39. The summed E-state index contributed by atoms with van der Waals surface area (Å²) < 4.78 is 37.1. The topological polar surface area (TPSA) is 59.1 Å². The van der Waals surface area contributed by atoms with Crippen LogP contribution in [0.4, 0.5) is 18.9 Å². The molecular formula is C7H7F3N2O. The summed E-state index contributed by atoms with van der Waals surface area (Å²) in [5.74, 6) is -1.24. The van der Waals surface area contributed by atoms with Crippen LogP contribution in [0.25, 0.3) is 0 Å². The molecule has 1 aromatic heterocycles. The Kier molecular flexibility index (Phi) is 2.72. The highest BCUT2D eigenvalue weighted by Gasteiger charge is 2.19. The molecular weight excluding hydrogens is 185 g/mol. The molecule has 0 spiro atoms. The van der Waals surface area contributed by atoms with Crippen molar-refractivity contribution in [3.8, 4) is 0 Å². The molecule has 13 heavy (non-hydrogen) atoms. The van der Waals surface area contributed by atoms with Gasteiger partial charge in [-0.15, -0.1) is 0 Å². The van der Waals surface area contributed by atoms with E-state index in [0.717, 1.165) is 6.20 Å². The molecule has 0 unspecified atom stereocenters. The van der Waals surface area contributed by atoms with Crippen LogP contribution in [-0.2, 0) is 6.61 Å². The summed E-state index contributed by atoms with van der Waals surface area (Å²) in [4.78, 5) is 3.12. The van der Waals surface area contributed by atoms with E-state index in [1.54, 1.807) is 0 Å². The summed E-state index contributed by atoms with van der Waals surface area (Å²) >= 11 is 0. The summed E-state index contributed by atoms with van der Waals surface area (Å²) in [5, 5.41) is 8.61. The highest BCUT2D eigenvalue weighted by atomic mass is 19.3. The van der Waals surface area contributed by atoms with E-state index in [-0.39, 0.29) is 11.3 Å². The summed E-state index contributed by atoms with van der Waals surface area (Å²) in [7, 11) is 0. The lowest BCUT2D eigenvalue weighted by Gasteiger charge is -2.06. The van der Waals surface area contributed by atoms with E-state index in [1.807, 2.05) is 0 Å². The highest BCUT2D eigenvalue weighted by Crippen LogP contribution is 2.24. The number of nitrogens with zero attached hydrogens (tertiary/aromatic N) is 1. The van der Waals surface area contributed by atoms with Crippen molar-refractivity contribution in [2.24, 2.45) is 0 Å². The molecule has 6 heteroatoms. The monoisotopic (exact) mass is 192 g/mol. The number of nitrogens with two attached hydrogens (primary N) is 1. The van der Waals surface area contributed by atoms with Crippen molar-refractivity contribution in [3.05, 3.63) is 23.3 Å². The minimum Gasteiger partial charge on any atom is -0.397 e. The second-order valence-electron chi connectivity index (χ2n) is 2.35. The Hall–Kier alpha value is -1.30. The fraction of sp³-hybridized carbons (Fsp3) is 0.286. The molecule has 1 aromatic rings. The molecule has 0 radical (unpaired) electrons. The number of anilines is 1. The van der Waals surface area contributed by atoms with Crippen molar-refractivity contribution >= 4 is 5.69 Å². The number of hydrogen-bond acceptors (Lipinski definition) is 3. The van der Waals surface area contributed by atoms with Gasteiger partial charge < -0.3 is 10.8 Å². The highest BCUT2D eigenvalue weighted by molar-refractivity contribution is 5.46. The average molecular weight is 192 g/mol. The van der Waals surface area contributed by atoms with Crippen LogP contribution in [0.1, 0.15) is 17.7 Å². The van der Waals surface area contributed by atoms with Crippen LogP contribution in [-0.4, -0.2) is 10.1 Å². The largest absolute Gasteiger partial charge is 0.397 e. The zero-order valence-electron chi connectivity index (χ0n) is 6.47. The molecule has 0 amide bonds. The molecule has 0 aliphatic heterocycles. The number of aromatic nitrogens is 1. The number of alkyl halides is 2. The summed E-state index contributed by atoms with van der Waals surface area (Å²) in [6, 6.07) is 0. The minimum atomic E-state index is -3.01. The minimum absolute atomic E-state index is 0.135. The lowest BCUT2D eigenvalue weighted by Crippen LogP contribution is -2.05. The third kappa shape index (κ3) is 1.72. The van der Waals surface area contributed by atoms with Crippen LogP contribution in [0, 0.1) is 5.82 Å². The van der Waals surface area contributed by atoms with Gasteiger partial charge in [-0.25, -0.2) is 18.2 Å². The Labute approximate surface area is 72.0 Å². The average Bonchev–Trinajstić information content (AvgIpc) is 2.04. The first-order valence-electron chi connectivity index (χ1n) is 3.39. The van der Waals surface area contributed by atoms with Crippen molar-refractivity contribution in [2.45, 2.75) is 13.0 Å². The molecule has 0 saturated heterocycles. The van der Waals surface area contributed by atoms with Gasteiger partial charge in [-0.05, 0) is 0 Å². The van der Waals surface area contributed by atoms with Gasteiger partial charge in [0.2, 0.25) is 0 Å². The molecule has 0 bridgehead atoms. The van der Waals surface area contributed by atoms with Gasteiger partial charge in [-0.1, -0.05) is 0 Å². The second-order valence-corrected chi connectivity index (χ2v) is 2.35. The Morgan fingerprint density at radius 2 is 2.15 bits per heavy atom. The van der Waals surface area contributed by atoms with Crippen molar-refractivity contribution < 1.29 is 18.3 Å². The normalized spacial score (nSPS) is 10.8. The lowest BCUT2D eigenvalue weighted by atomic mass is 10.2. The molecule has 0 aliphatic carbocycles. The van der Waals surface area contributed by atoms with E-state index in [4.69, 9.17) is 10.8 Å². The zero-order valence-corrected chi connectivity index (χ0v) is 6.47. The van der Waals surface area contributed by atoms with E-state index in [9.17, 15) is 13.2 Å². The molecule has 0 aliphatic rings. The maximum absolute atomic E-state index is 13.0. The van der Waals surface area contributed by atoms with Crippen LogP contribution >= 0.6 is 0 Å². The fourth-order valence-electron chi connectivity index (χ4n) is 0.868. The Balaban J connectivity index is 3.27. The molecule has 72 valence electrons. The number of aliphatic hydroxyl groups is 1. The number of nitrogen functional groups attached to an aromatic ring is 1. The Morgan fingerprint density at radius 3 is 2.62 bits per heavy atom. The third-order valence-electron chi connectivity index (χ3n) is 1.55. The number of aliphatic hydroxyl groups excluding tert-OH is 1. The van der Waals surface area contributed by atoms with Crippen molar-refractivity contribution in [1.82, 2.24) is 4.98 Å². The number of pyridine rings is 1. The van der Waals surface area contributed by atoms with E-state index < -0.39 is 24.5 Å². The van der Waals surface area contributed by atoms with Crippen molar-refractivity contribution in [1.29, 1.82) is 0 Å². The summed E-state index contributed by atoms with van der Waals surface area (Å²) in [5.41, 5.74) is 3.73. The molecule has 3 nitrogen and oxygen atoms in total. The van der Waals surface area contributed by atoms with Crippen LogP contribution < -0.4 is 5.73 Å². The van der Waals surface area contributed by atoms with Gasteiger partial charge in [-0.3, -0.25) is 0 Å². The van der Waals surface area contributed by atoms with Gasteiger partial charge in [-0.2, -0.15) is 0 Å². The van der Waals surface area contributed by atoms with Crippen LogP contribution in [0.5, 0.6) is 0 Å². The van der Waals surface area contributed by atoms with Crippen LogP contribution in [0.3, 0.4) is 0 Å². The van der Waals surface area contributed by atoms with Gasteiger partial charge in [0.1, 0.15) is 5.69 Å².